The van der Waals surface area contributed by atoms with Gasteiger partial charge in [-0.15, -0.1) is 0 Å². The van der Waals surface area contributed by atoms with Crippen LogP contribution in [-0.2, 0) is 29.1 Å². The van der Waals surface area contributed by atoms with Gasteiger partial charge in [-0.3, -0.25) is 4.79 Å². The predicted molar refractivity (Wildman–Crippen MR) is 113 cm³/mol. The summed E-state index contributed by atoms with van der Waals surface area (Å²) in [6, 6.07) is 7.49. The van der Waals surface area contributed by atoms with Crippen molar-refractivity contribution in [1.29, 1.82) is 0 Å². The Labute approximate surface area is 173 Å². The Hall–Kier alpha value is -3.03. The first kappa shape index (κ1) is 20.3. The van der Waals surface area contributed by atoms with Crippen molar-refractivity contribution in [3.8, 4) is 17.1 Å². The maximum atomic E-state index is 13.2. The van der Waals surface area contributed by atoms with Crippen molar-refractivity contribution in [3.63, 3.8) is 0 Å². The van der Waals surface area contributed by atoms with Gasteiger partial charge < -0.3 is 23.9 Å². The van der Waals surface area contributed by atoms with Gasteiger partial charge in [0.1, 0.15) is 11.9 Å². The molecule has 1 aliphatic rings. The molecule has 0 amide bonds. The van der Waals surface area contributed by atoms with Gasteiger partial charge in [-0.1, -0.05) is 6.92 Å². The first-order valence-electron chi connectivity index (χ1n) is 10.0. The van der Waals surface area contributed by atoms with E-state index in [1.165, 1.54) is 7.11 Å². The minimum Gasteiger partial charge on any atom is -0.494 e. The van der Waals surface area contributed by atoms with Crippen molar-refractivity contribution in [2.45, 2.75) is 39.5 Å². The van der Waals surface area contributed by atoms with Crippen LogP contribution in [0.25, 0.3) is 22.3 Å². The second-order valence-corrected chi connectivity index (χ2v) is 7.25. The fourth-order valence-corrected chi connectivity index (χ4v) is 4.24. The second-order valence-electron chi connectivity index (χ2n) is 7.25. The number of carbonyl (C=O) groups excluding carboxylic acids is 1. The van der Waals surface area contributed by atoms with Gasteiger partial charge in [-0.05, 0) is 43.2 Å². The van der Waals surface area contributed by atoms with E-state index in [2.05, 4.69) is 6.92 Å². The summed E-state index contributed by atoms with van der Waals surface area (Å²) < 4.78 is 12.5. The maximum Gasteiger partial charge on any atom is 0.257 e. The molecular formula is C23H24N2O5. The molecule has 0 saturated heterocycles. The molecule has 1 aromatic carbocycles. The Morgan fingerprint density at radius 2 is 2.07 bits per heavy atom. The van der Waals surface area contributed by atoms with Gasteiger partial charge in [0.25, 0.3) is 5.56 Å². The van der Waals surface area contributed by atoms with Gasteiger partial charge in [-0.2, -0.15) is 0 Å². The summed E-state index contributed by atoms with van der Waals surface area (Å²) in [6.45, 7) is 5.01. The number of fused-ring (bicyclic) bond motifs is 4. The molecule has 0 bridgehead atoms. The highest BCUT2D eigenvalue weighted by Crippen LogP contribution is 2.37. The quantitative estimate of drug-likeness (QED) is 0.473. The van der Waals surface area contributed by atoms with E-state index in [0.717, 1.165) is 34.2 Å². The Morgan fingerprint density at radius 3 is 2.73 bits per heavy atom. The molecule has 1 aliphatic heterocycles. The lowest BCUT2D eigenvalue weighted by molar-refractivity contribution is -0.115. The van der Waals surface area contributed by atoms with Crippen LogP contribution < -0.4 is 10.3 Å². The van der Waals surface area contributed by atoms with E-state index in [1.54, 1.807) is 10.6 Å². The van der Waals surface area contributed by atoms with Crippen molar-refractivity contribution < 1.29 is 19.4 Å². The fourth-order valence-electron chi connectivity index (χ4n) is 4.24. The number of aliphatic hydroxyl groups is 1. The smallest absolute Gasteiger partial charge is 0.257 e. The SMILES string of the molecule is CCOc1ccc2nc3c(c(CC)c2c1)Cn1c-3cc(C(O)C=O)c(COC)c1=O. The van der Waals surface area contributed by atoms with Gasteiger partial charge in [0, 0.05) is 29.2 Å². The number of methoxy groups -OCH3 is 1. The molecule has 2 aromatic heterocycles. The third-order valence-electron chi connectivity index (χ3n) is 5.57. The van der Waals surface area contributed by atoms with E-state index in [0.29, 0.717) is 30.8 Å². The number of aryl methyl sites for hydroxylation is 1. The second kappa shape index (κ2) is 8.01. The van der Waals surface area contributed by atoms with Crippen molar-refractivity contribution in [2.24, 2.45) is 0 Å². The largest absolute Gasteiger partial charge is 0.494 e. The lowest BCUT2D eigenvalue weighted by Gasteiger charge is -2.14. The average Bonchev–Trinajstić information content (AvgIpc) is 3.12. The lowest BCUT2D eigenvalue weighted by Crippen LogP contribution is -2.26. The van der Waals surface area contributed by atoms with Crippen molar-refractivity contribution >= 4 is 17.2 Å². The van der Waals surface area contributed by atoms with Crippen LogP contribution in [0, 0.1) is 0 Å². The monoisotopic (exact) mass is 408 g/mol. The number of benzene rings is 1. The summed E-state index contributed by atoms with van der Waals surface area (Å²) in [7, 11) is 1.47. The van der Waals surface area contributed by atoms with Gasteiger partial charge in [-0.25, -0.2) is 4.98 Å². The van der Waals surface area contributed by atoms with Gasteiger partial charge in [0.05, 0.1) is 36.7 Å². The molecule has 1 atom stereocenters. The molecule has 3 aromatic rings. The minimum absolute atomic E-state index is 0.0173. The molecule has 0 saturated carbocycles. The van der Waals surface area contributed by atoms with Crippen LogP contribution in [-0.4, -0.2) is 34.7 Å². The maximum absolute atomic E-state index is 13.2. The fraction of sp³-hybridized carbons (Fsp3) is 0.348. The van der Waals surface area contributed by atoms with Crippen LogP contribution in [0.15, 0.2) is 29.1 Å². The van der Waals surface area contributed by atoms with Crippen LogP contribution in [0.2, 0.25) is 0 Å². The van der Waals surface area contributed by atoms with E-state index < -0.39 is 6.10 Å². The van der Waals surface area contributed by atoms with Crippen LogP contribution in [0.3, 0.4) is 0 Å². The van der Waals surface area contributed by atoms with Crippen molar-refractivity contribution in [2.75, 3.05) is 13.7 Å². The number of aromatic nitrogens is 2. The zero-order chi connectivity index (χ0) is 21.4. The number of hydrogen-bond donors (Lipinski definition) is 1. The Bertz CT molecular complexity index is 1200. The zero-order valence-electron chi connectivity index (χ0n) is 17.3. The summed E-state index contributed by atoms with van der Waals surface area (Å²) >= 11 is 0. The highest BCUT2D eigenvalue weighted by Gasteiger charge is 2.29. The number of rotatable bonds is 7. The van der Waals surface area contributed by atoms with Crippen LogP contribution in [0.4, 0.5) is 0 Å². The number of ether oxygens (including phenoxy) is 2. The van der Waals surface area contributed by atoms with E-state index in [-0.39, 0.29) is 23.3 Å². The highest BCUT2D eigenvalue weighted by molar-refractivity contribution is 5.89. The number of pyridine rings is 2. The number of aliphatic hydroxyl groups excluding tert-OH is 1. The molecule has 3 heterocycles. The molecule has 156 valence electrons. The van der Waals surface area contributed by atoms with E-state index >= 15 is 0 Å². The molecule has 0 fully saturated rings. The highest BCUT2D eigenvalue weighted by atomic mass is 16.5. The molecule has 7 heteroatoms. The van der Waals surface area contributed by atoms with Crippen LogP contribution >= 0.6 is 0 Å². The third-order valence-corrected chi connectivity index (χ3v) is 5.57. The topological polar surface area (TPSA) is 90.7 Å². The summed E-state index contributed by atoms with van der Waals surface area (Å²) in [5, 5.41) is 11.2. The Balaban J connectivity index is 1.99. The molecule has 4 rings (SSSR count). The molecule has 30 heavy (non-hydrogen) atoms. The van der Waals surface area contributed by atoms with Crippen molar-refractivity contribution in [3.05, 3.63) is 56.9 Å². The third kappa shape index (κ3) is 3.11. The first-order chi connectivity index (χ1) is 14.5. The molecule has 0 radical (unpaired) electrons. The number of carbonyl (C=O) groups is 1. The Morgan fingerprint density at radius 1 is 1.27 bits per heavy atom. The van der Waals surface area contributed by atoms with E-state index in [4.69, 9.17) is 14.5 Å². The average molecular weight is 408 g/mol. The minimum atomic E-state index is -1.39. The number of aldehydes is 1. The Kier molecular flexibility index (Phi) is 5.40. The van der Waals surface area contributed by atoms with Gasteiger partial charge in [0.2, 0.25) is 0 Å². The molecule has 1 unspecified atom stereocenters. The zero-order valence-corrected chi connectivity index (χ0v) is 17.3. The molecule has 0 aliphatic carbocycles. The normalized spacial score (nSPS) is 13.2. The van der Waals surface area contributed by atoms with Crippen molar-refractivity contribution in [1.82, 2.24) is 9.55 Å². The summed E-state index contributed by atoms with van der Waals surface area (Å²) in [5.74, 6) is 0.785. The molecule has 7 nitrogen and oxygen atoms in total. The van der Waals surface area contributed by atoms with Crippen LogP contribution in [0.5, 0.6) is 5.75 Å². The standard InChI is InChI=1S/C23H24N2O5/c1-4-14-15-8-13(30-5-2)6-7-19(15)24-22-17(14)10-25-20(22)9-16(21(27)11-26)18(12-29-3)23(25)28/h6-9,11,21,27H,4-5,10,12H2,1-3H3. The number of nitrogens with zero attached hydrogens (tertiary/aromatic N) is 2. The molecule has 0 spiro atoms. The lowest BCUT2D eigenvalue weighted by atomic mass is 9.98. The molecular weight excluding hydrogens is 384 g/mol. The predicted octanol–water partition coefficient (Wildman–Crippen LogP) is 2.77. The summed E-state index contributed by atoms with van der Waals surface area (Å²) in [4.78, 5) is 29.3. The van der Waals surface area contributed by atoms with E-state index in [1.807, 2.05) is 25.1 Å². The van der Waals surface area contributed by atoms with Gasteiger partial charge in [0.15, 0.2) is 6.29 Å². The summed E-state index contributed by atoms with van der Waals surface area (Å²) in [6.07, 6.45) is -0.201. The summed E-state index contributed by atoms with van der Waals surface area (Å²) in [5.41, 5.74) is 4.51. The first-order valence-corrected chi connectivity index (χ1v) is 10.0. The number of hydrogen-bond acceptors (Lipinski definition) is 6. The molecule has 1 N–H and O–H groups in total. The van der Waals surface area contributed by atoms with Crippen LogP contribution in [0.1, 0.15) is 42.2 Å². The van der Waals surface area contributed by atoms with E-state index in [9.17, 15) is 14.7 Å². The van der Waals surface area contributed by atoms with Gasteiger partial charge >= 0.3 is 0 Å².